The van der Waals surface area contributed by atoms with Crippen molar-refractivity contribution in [2.75, 3.05) is 20.3 Å². The Hall–Kier alpha value is -0.810. The summed E-state index contributed by atoms with van der Waals surface area (Å²) in [5, 5.41) is 13.5. The average Bonchev–Trinajstić information content (AvgIpc) is 2.34. The fraction of sp³-hybridized carbons (Fsp3) is 0.600. The van der Waals surface area contributed by atoms with E-state index < -0.39 is 6.10 Å². The highest BCUT2D eigenvalue weighted by molar-refractivity contribution is 6.32. The second-order valence-electron chi connectivity index (χ2n) is 5.79. The van der Waals surface area contributed by atoms with Gasteiger partial charge in [0.05, 0.1) is 11.6 Å². The third-order valence-corrected chi connectivity index (χ3v) is 2.90. The Labute approximate surface area is 126 Å². The van der Waals surface area contributed by atoms with Crippen LogP contribution in [0.1, 0.15) is 26.3 Å². The molecule has 0 aliphatic rings. The number of halogens is 1. The van der Waals surface area contributed by atoms with Gasteiger partial charge in [-0.3, -0.25) is 0 Å². The van der Waals surface area contributed by atoms with Gasteiger partial charge in [0.15, 0.2) is 0 Å². The molecule has 5 heteroatoms. The zero-order valence-electron chi connectivity index (χ0n) is 12.6. The van der Waals surface area contributed by atoms with Crippen molar-refractivity contribution in [1.82, 2.24) is 5.32 Å². The van der Waals surface area contributed by atoms with E-state index in [1.165, 1.54) is 7.11 Å². The van der Waals surface area contributed by atoms with Crippen LogP contribution in [0.3, 0.4) is 0 Å². The highest BCUT2D eigenvalue weighted by Crippen LogP contribution is 2.25. The third kappa shape index (κ3) is 6.57. The Kier molecular flexibility index (Phi) is 6.76. The van der Waals surface area contributed by atoms with Crippen LogP contribution in [-0.2, 0) is 11.3 Å². The first-order chi connectivity index (χ1) is 9.31. The van der Waals surface area contributed by atoms with Gasteiger partial charge in [0.25, 0.3) is 0 Å². The second kappa shape index (κ2) is 7.84. The molecule has 1 rings (SSSR count). The maximum atomic E-state index is 9.53. The molecule has 1 aromatic carbocycles. The molecule has 0 spiro atoms. The number of hydrogen-bond donors (Lipinski definition) is 2. The second-order valence-corrected chi connectivity index (χ2v) is 6.20. The van der Waals surface area contributed by atoms with Crippen molar-refractivity contribution in [1.29, 1.82) is 0 Å². The Balaban J connectivity index is 2.55. The summed E-state index contributed by atoms with van der Waals surface area (Å²) >= 11 is 6.17. The van der Waals surface area contributed by atoms with Gasteiger partial charge in [-0.1, -0.05) is 17.7 Å². The van der Waals surface area contributed by atoms with Crippen LogP contribution < -0.4 is 10.1 Å². The molecule has 0 saturated carbocycles. The average molecular weight is 302 g/mol. The zero-order chi connectivity index (χ0) is 15.2. The van der Waals surface area contributed by atoms with E-state index in [1.54, 1.807) is 0 Å². The predicted molar refractivity (Wildman–Crippen MR) is 81.4 cm³/mol. The first-order valence-corrected chi connectivity index (χ1v) is 7.03. The lowest BCUT2D eigenvalue weighted by Gasteiger charge is -2.21. The van der Waals surface area contributed by atoms with Crippen molar-refractivity contribution >= 4 is 11.6 Å². The smallest absolute Gasteiger partial charge is 0.138 e. The van der Waals surface area contributed by atoms with Crippen molar-refractivity contribution in [3.05, 3.63) is 28.8 Å². The fourth-order valence-corrected chi connectivity index (χ4v) is 1.82. The first kappa shape index (κ1) is 17.2. The number of methoxy groups -OCH3 is 1. The number of benzene rings is 1. The minimum absolute atomic E-state index is 0.0614. The Morgan fingerprint density at radius 3 is 2.55 bits per heavy atom. The monoisotopic (exact) mass is 301 g/mol. The molecular weight excluding hydrogens is 278 g/mol. The van der Waals surface area contributed by atoms with E-state index in [9.17, 15) is 5.11 Å². The van der Waals surface area contributed by atoms with Crippen LogP contribution in [0.5, 0.6) is 5.75 Å². The summed E-state index contributed by atoms with van der Waals surface area (Å²) in [7, 11) is 1.53. The zero-order valence-corrected chi connectivity index (χ0v) is 13.3. The molecule has 4 nitrogen and oxygen atoms in total. The molecule has 0 aromatic heterocycles. The predicted octanol–water partition coefficient (Wildman–Crippen LogP) is 2.61. The third-order valence-electron chi connectivity index (χ3n) is 2.61. The highest BCUT2D eigenvalue weighted by Gasteiger charge is 2.10. The highest BCUT2D eigenvalue weighted by atomic mass is 35.5. The van der Waals surface area contributed by atoms with Crippen molar-refractivity contribution in [2.24, 2.45) is 0 Å². The van der Waals surface area contributed by atoms with Gasteiger partial charge in [-0.2, -0.15) is 0 Å². The van der Waals surface area contributed by atoms with Crippen LogP contribution in [0.4, 0.5) is 0 Å². The van der Waals surface area contributed by atoms with Crippen LogP contribution >= 0.6 is 11.6 Å². The van der Waals surface area contributed by atoms with E-state index >= 15 is 0 Å². The van der Waals surface area contributed by atoms with Gasteiger partial charge in [0, 0.05) is 19.2 Å². The van der Waals surface area contributed by atoms with E-state index in [2.05, 4.69) is 26.1 Å². The van der Waals surface area contributed by atoms with E-state index in [0.29, 0.717) is 10.8 Å². The lowest BCUT2D eigenvalue weighted by molar-refractivity contribution is 0.0326. The van der Waals surface area contributed by atoms with Crippen molar-refractivity contribution < 1.29 is 14.6 Å². The molecule has 0 aliphatic carbocycles. The van der Waals surface area contributed by atoms with Crippen molar-refractivity contribution in [2.45, 2.75) is 39.0 Å². The molecule has 114 valence electrons. The standard InChI is InChI=1S/C15H24ClNO3/c1-15(2,3)17-8-11-5-6-14(13(16)7-11)20-10-12(18)9-19-4/h5-7,12,17-18H,8-10H2,1-4H3. The summed E-state index contributed by atoms with van der Waals surface area (Å²) in [6, 6.07) is 5.66. The maximum absolute atomic E-state index is 9.53. The van der Waals surface area contributed by atoms with Crippen LogP contribution in [0.25, 0.3) is 0 Å². The normalized spacial score (nSPS) is 13.3. The molecule has 0 fully saturated rings. The molecular formula is C15H24ClNO3. The number of hydrogen-bond acceptors (Lipinski definition) is 4. The van der Waals surface area contributed by atoms with Crippen LogP contribution in [0, 0.1) is 0 Å². The lowest BCUT2D eigenvalue weighted by Crippen LogP contribution is -2.35. The van der Waals surface area contributed by atoms with E-state index in [-0.39, 0.29) is 18.8 Å². The Morgan fingerprint density at radius 2 is 2.00 bits per heavy atom. The number of rotatable bonds is 7. The lowest BCUT2D eigenvalue weighted by atomic mass is 10.1. The minimum Gasteiger partial charge on any atom is -0.489 e. The molecule has 0 amide bonds. The molecule has 20 heavy (non-hydrogen) atoms. The van der Waals surface area contributed by atoms with Gasteiger partial charge in [-0.25, -0.2) is 0 Å². The summed E-state index contributed by atoms with van der Waals surface area (Å²) in [6.07, 6.45) is -0.654. The van der Waals surface area contributed by atoms with E-state index in [0.717, 1.165) is 12.1 Å². The van der Waals surface area contributed by atoms with Gasteiger partial charge < -0.3 is 19.9 Å². The number of nitrogens with one attached hydrogen (secondary N) is 1. The van der Waals surface area contributed by atoms with E-state index in [1.807, 2.05) is 18.2 Å². The Morgan fingerprint density at radius 1 is 1.30 bits per heavy atom. The SMILES string of the molecule is COCC(O)COc1ccc(CNC(C)(C)C)cc1Cl. The van der Waals surface area contributed by atoms with Crippen LogP contribution in [0.15, 0.2) is 18.2 Å². The molecule has 0 aliphatic heterocycles. The summed E-state index contributed by atoms with van der Waals surface area (Å²) in [5.74, 6) is 0.571. The van der Waals surface area contributed by atoms with Gasteiger partial charge in [0.1, 0.15) is 18.5 Å². The van der Waals surface area contributed by atoms with Gasteiger partial charge >= 0.3 is 0 Å². The quantitative estimate of drug-likeness (QED) is 0.813. The largest absolute Gasteiger partial charge is 0.489 e. The topological polar surface area (TPSA) is 50.7 Å². The summed E-state index contributed by atoms with van der Waals surface area (Å²) in [6.45, 7) is 7.49. The maximum Gasteiger partial charge on any atom is 0.138 e. The molecule has 1 aromatic rings. The number of aliphatic hydroxyl groups is 1. The van der Waals surface area contributed by atoms with Gasteiger partial charge in [0.2, 0.25) is 0 Å². The van der Waals surface area contributed by atoms with E-state index in [4.69, 9.17) is 21.1 Å². The van der Waals surface area contributed by atoms with Crippen molar-refractivity contribution in [3.63, 3.8) is 0 Å². The fourth-order valence-electron chi connectivity index (χ4n) is 1.57. The summed E-state index contributed by atoms with van der Waals surface area (Å²) in [5.41, 5.74) is 1.15. The van der Waals surface area contributed by atoms with Gasteiger partial charge in [-0.15, -0.1) is 0 Å². The number of aliphatic hydroxyl groups excluding tert-OH is 1. The van der Waals surface area contributed by atoms with Crippen LogP contribution in [-0.4, -0.2) is 37.1 Å². The molecule has 0 bridgehead atoms. The molecule has 1 unspecified atom stereocenters. The van der Waals surface area contributed by atoms with Crippen molar-refractivity contribution in [3.8, 4) is 5.75 Å². The molecule has 1 atom stereocenters. The summed E-state index contributed by atoms with van der Waals surface area (Å²) < 4.78 is 10.3. The molecule has 0 radical (unpaired) electrons. The number of ether oxygens (including phenoxy) is 2. The molecule has 0 heterocycles. The molecule has 2 N–H and O–H groups in total. The van der Waals surface area contributed by atoms with Crippen LogP contribution in [0.2, 0.25) is 5.02 Å². The minimum atomic E-state index is -0.654. The first-order valence-electron chi connectivity index (χ1n) is 6.65. The van der Waals surface area contributed by atoms with Gasteiger partial charge in [-0.05, 0) is 38.5 Å². The Bertz CT molecular complexity index is 418. The molecule has 0 saturated heterocycles. The summed E-state index contributed by atoms with van der Waals surface area (Å²) in [4.78, 5) is 0.